The van der Waals surface area contributed by atoms with Gasteiger partial charge in [0.05, 0.1) is 12.6 Å². The van der Waals surface area contributed by atoms with Gasteiger partial charge in [-0.2, -0.15) is 0 Å². The molecule has 1 heterocycles. The van der Waals surface area contributed by atoms with Crippen molar-refractivity contribution in [3.05, 3.63) is 33.8 Å². The Balaban J connectivity index is 2.31. The van der Waals surface area contributed by atoms with E-state index in [9.17, 15) is 4.79 Å². The molecule has 2 N–H and O–H groups in total. The van der Waals surface area contributed by atoms with E-state index in [1.807, 2.05) is 24.0 Å². The summed E-state index contributed by atoms with van der Waals surface area (Å²) >= 11 is 3.58. The van der Waals surface area contributed by atoms with Gasteiger partial charge in [0, 0.05) is 30.6 Å². The number of halogens is 1. The van der Waals surface area contributed by atoms with E-state index in [1.54, 1.807) is 7.11 Å². The topological polar surface area (TPSA) is 55.6 Å². The van der Waals surface area contributed by atoms with Gasteiger partial charge in [-0.05, 0) is 24.1 Å². The summed E-state index contributed by atoms with van der Waals surface area (Å²) in [7, 11) is 1.64. The summed E-state index contributed by atoms with van der Waals surface area (Å²) in [5.41, 5.74) is 8.39. The van der Waals surface area contributed by atoms with Crippen LogP contribution in [0.5, 0.6) is 0 Å². The van der Waals surface area contributed by atoms with Crippen molar-refractivity contribution in [2.75, 3.05) is 20.3 Å². The van der Waals surface area contributed by atoms with Crippen molar-refractivity contribution in [2.24, 2.45) is 5.73 Å². The second-order valence-electron chi connectivity index (χ2n) is 4.92. The summed E-state index contributed by atoms with van der Waals surface area (Å²) in [6.07, 6.45) is 0.398. The monoisotopic (exact) mass is 326 g/mol. The summed E-state index contributed by atoms with van der Waals surface area (Å²) in [6.45, 7) is 3.14. The van der Waals surface area contributed by atoms with Crippen LogP contribution in [0.2, 0.25) is 0 Å². The molecule has 2 rings (SSSR count). The third-order valence-electron chi connectivity index (χ3n) is 3.48. The molecule has 5 heteroatoms. The lowest BCUT2D eigenvalue weighted by molar-refractivity contribution is -0.129. The Morgan fingerprint density at radius 3 is 2.89 bits per heavy atom. The third-order valence-corrected chi connectivity index (χ3v) is 4.17. The fourth-order valence-corrected chi connectivity index (χ4v) is 3.27. The number of nitrogens with two attached hydrogens (primary N) is 1. The molecule has 1 amide bonds. The van der Waals surface area contributed by atoms with Gasteiger partial charge in [0.15, 0.2) is 0 Å². The molecular formula is C14H19BrN2O2. The molecule has 1 aromatic rings. The Kier molecular flexibility index (Phi) is 4.60. The Hall–Kier alpha value is -0.910. The SMILES string of the molecule is COCCN1C(=O)CC(N)C1c1ccc(C)cc1Br. The lowest BCUT2D eigenvalue weighted by atomic mass is 9.99. The first-order chi connectivity index (χ1) is 9.04. The van der Waals surface area contributed by atoms with Gasteiger partial charge in [-0.15, -0.1) is 0 Å². The van der Waals surface area contributed by atoms with E-state index in [1.165, 1.54) is 5.56 Å². The van der Waals surface area contributed by atoms with Crippen LogP contribution in [0.15, 0.2) is 22.7 Å². The first kappa shape index (κ1) is 14.5. The molecule has 2 atom stereocenters. The number of hydrogen-bond acceptors (Lipinski definition) is 3. The van der Waals surface area contributed by atoms with Gasteiger partial charge in [0.2, 0.25) is 5.91 Å². The second-order valence-corrected chi connectivity index (χ2v) is 5.77. The minimum Gasteiger partial charge on any atom is -0.383 e. The fraction of sp³-hybridized carbons (Fsp3) is 0.500. The van der Waals surface area contributed by atoms with E-state index < -0.39 is 0 Å². The minimum atomic E-state index is -0.164. The van der Waals surface area contributed by atoms with Crippen LogP contribution >= 0.6 is 15.9 Å². The van der Waals surface area contributed by atoms with E-state index in [2.05, 4.69) is 22.0 Å². The molecule has 0 aromatic heterocycles. The van der Waals surface area contributed by atoms with Crippen molar-refractivity contribution in [1.29, 1.82) is 0 Å². The summed E-state index contributed by atoms with van der Waals surface area (Å²) in [5, 5.41) is 0. The van der Waals surface area contributed by atoms with Crippen molar-refractivity contribution in [2.45, 2.75) is 25.4 Å². The zero-order valence-electron chi connectivity index (χ0n) is 11.2. The number of hydrogen-bond donors (Lipinski definition) is 1. The molecule has 19 heavy (non-hydrogen) atoms. The Morgan fingerprint density at radius 2 is 2.26 bits per heavy atom. The van der Waals surface area contributed by atoms with Crippen molar-refractivity contribution in [1.82, 2.24) is 4.90 Å². The van der Waals surface area contributed by atoms with Crippen LogP contribution in [0.25, 0.3) is 0 Å². The fourth-order valence-electron chi connectivity index (χ4n) is 2.54. The van der Waals surface area contributed by atoms with Crippen LogP contribution < -0.4 is 5.73 Å². The third kappa shape index (κ3) is 2.99. The zero-order chi connectivity index (χ0) is 14.0. The van der Waals surface area contributed by atoms with Gasteiger partial charge in [0.25, 0.3) is 0 Å². The maximum atomic E-state index is 12.0. The summed E-state index contributed by atoms with van der Waals surface area (Å²) in [5.74, 6) is 0.0991. The predicted molar refractivity (Wildman–Crippen MR) is 77.8 cm³/mol. The smallest absolute Gasteiger partial charge is 0.224 e. The number of carbonyl (C=O) groups is 1. The standard InChI is InChI=1S/C14H19BrN2O2/c1-9-3-4-10(11(15)7-9)14-12(16)8-13(18)17(14)5-6-19-2/h3-4,7,12,14H,5-6,8,16H2,1-2H3. The molecule has 0 saturated carbocycles. The van der Waals surface area contributed by atoms with Gasteiger partial charge in [0.1, 0.15) is 0 Å². The highest BCUT2D eigenvalue weighted by Gasteiger charge is 2.39. The average molecular weight is 327 g/mol. The number of carbonyl (C=O) groups excluding carboxylic acids is 1. The zero-order valence-corrected chi connectivity index (χ0v) is 12.8. The number of likely N-dealkylation sites (tertiary alicyclic amines) is 1. The van der Waals surface area contributed by atoms with Crippen molar-refractivity contribution in [3.8, 4) is 0 Å². The minimum absolute atomic E-state index is 0.0716. The molecule has 0 radical (unpaired) electrons. The lowest BCUT2D eigenvalue weighted by Crippen LogP contribution is -2.35. The van der Waals surface area contributed by atoms with E-state index in [4.69, 9.17) is 10.5 Å². The Morgan fingerprint density at radius 1 is 1.53 bits per heavy atom. The van der Waals surface area contributed by atoms with Gasteiger partial charge in [-0.3, -0.25) is 4.79 Å². The van der Waals surface area contributed by atoms with E-state index in [0.717, 1.165) is 10.0 Å². The van der Waals surface area contributed by atoms with Crippen LogP contribution in [0.3, 0.4) is 0 Å². The van der Waals surface area contributed by atoms with Crippen molar-refractivity contribution >= 4 is 21.8 Å². The maximum Gasteiger partial charge on any atom is 0.224 e. The van der Waals surface area contributed by atoms with Gasteiger partial charge in [-0.1, -0.05) is 28.1 Å². The van der Waals surface area contributed by atoms with Crippen molar-refractivity contribution < 1.29 is 9.53 Å². The molecule has 1 saturated heterocycles. The molecule has 1 aromatic carbocycles. The second kappa shape index (κ2) is 6.03. The largest absolute Gasteiger partial charge is 0.383 e. The molecule has 1 aliphatic heterocycles. The number of aryl methyl sites for hydroxylation is 1. The summed E-state index contributed by atoms with van der Waals surface area (Å²) in [4.78, 5) is 13.9. The summed E-state index contributed by atoms with van der Waals surface area (Å²) < 4.78 is 6.08. The average Bonchev–Trinajstić information content (AvgIpc) is 2.62. The van der Waals surface area contributed by atoms with Gasteiger partial charge >= 0.3 is 0 Å². The molecule has 1 aliphatic rings. The molecule has 0 aliphatic carbocycles. The van der Waals surface area contributed by atoms with E-state index in [-0.39, 0.29) is 18.0 Å². The van der Waals surface area contributed by atoms with Crippen LogP contribution in [0.1, 0.15) is 23.6 Å². The van der Waals surface area contributed by atoms with E-state index >= 15 is 0 Å². The Labute approximate surface area is 122 Å². The van der Waals surface area contributed by atoms with Crippen LogP contribution in [-0.2, 0) is 9.53 Å². The summed E-state index contributed by atoms with van der Waals surface area (Å²) in [6, 6.07) is 5.91. The van der Waals surface area contributed by atoms with Crippen molar-refractivity contribution in [3.63, 3.8) is 0 Å². The molecule has 2 unspecified atom stereocenters. The number of methoxy groups -OCH3 is 1. The maximum absolute atomic E-state index is 12.0. The molecular weight excluding hydrogens is 308 g/mol. The first-order valence-electron chi connectivity index (χ1n) is 6.34. The number of amides is 1. The molecule has 1 fully saturated rings. The molecule has 0 bridgehead atoms. The number of benzene rings is 1. The van der Waals surface area contributed by atoms with Crippen LogP contribution in [0.4, 0.5) is 0 Å². The van der Waals surface area contributed by atoms with Crippen LogP contribution in [0, 0.1) is 6.92 Å². The molecule has 4 nitrogen and oxygen atoms in total. The predicted octanol–water partition coefficient (Wildman–Crippen LogP) is 2.00. The Bertz CT molecular complexity index is 479. The van der Waals surface area contributed by atoms with Crippen LogP contribution in [-0.4, -0.2) is 37.1 Å². The normalized spacial score (nSPS) is 23.2. The molecule has 104 valence electrons. The van der Waals surface area contributed by atoms with E-state index in [0.29, 0.717) is 19.6 Å². The quantitative estimate of drug-likeness (QED) is 0.920. The number of ether oxygens (including phenoxy) is 1. The molecule has 0 spiro atoms. The highest BCUT2D eigenvalue weighted by molar-refractivity contribution is 9.10. The highest BCUT2D eigenvalue weighted by Crippen LogP contribution is 2.36. The lowest BCUT2D eigenvalue weighted by Gasteiger charge is -2.28. The first-order valence-corrected chi connectivity index (χ1v) is 7.14. The van der Waals surface area contributed by atoms with Gasteiger partial charge in [-0.25, -0.2) is 0 Å². The number of nitrogens with zero attached hydrogens (tertiary/aromatic N) is 1. The van der Waals surface area contributed by atoms with Gasteiger partial charge < -0.3 is 15.4 Å². The number of rotatable bonds is 4. The highest BCUT2D eigenvalue weighted by atomic mass is 79.9.